The highest BCUT2D eigenvalue weighted by Crippen LogP contribution is 2.10. The Hall–Kier alpha value is -2.36. The van der Waals surface area contributed by atoms with E-state index in [-0.39, 0.29) is 0 Å². The Kier molecular flexibility index (Phi) is 3.57. The molecule has 0 fully saturated rings. The number of methoxy groups -OCH3 is 1. The second-order valence-electron chi connectivity index (χ2n) is 3.79. The number of ether oxygens (including phenoxy) is 1. The second-order valence-corrected chi connectivity index (χ2v) is 3.79. The van der Waals surface area contributed by atoms with E-state index >= 15 is 0 Å². The van der Waals surface area contributed by atoms with Crippen LogP contribution in [0, 0.1) is 0 Å². The minimum absolute atomic E-state index is 0.295. The van der Waals surface area contributed by atoms with E-state index in [9.17, 15) is 4.79 Å². The molecule has 0 spiro atoms. The van der Waals surface area contributed by atoms with E-state index in [2.05, 4.69) is 16.4 Å². The molecule has 4 nitrogen and oxygen atoms in total. The Bertz CT molecular complexity index is 558. The van der Waals surface area contributed by atoms with Crippen LogP contribution in [0.15, 0.2) is 43.0 Å². The Labute approximate surface area is 106 Å². The molecule has 1 aromatic heterocycles. The van der Waals surface area contributed by atoms with Crippen LogP contribution in [-0.2, 0) is 11.3 Å². The Morgan fingerprint density at radius 3 is 2.78 bits per heavy atom. The fourth-order valence-corrected chi connectivity index (χ4v) is 1.68. The second kappa shape index (κ2) is 5.31. The summed E-state index contributed by atoms with van der Waals surface area (Å²) in [5, 5.41) is 4.22. The highest BCUT2D eigenvalue weighted by molar-refractivity contribution is 5.87. The molecule has 0 saturated carbocycles. The lowest BCUT2D eigenvalue weighted by molar-refractivity contribution is 0.0593. The van der Waals surface area contributed by atoms with E-state index in [0.717, 1.165) is 11.3 Å². The number of hydrogen-bond acceptors (Lipinski definition) is 3. The number of benzene rings is 1. The summed E-state index contributed by atoms with van der Waals surface area (Å²) in [5.41, 5.74) is 2.20. The molecular weight excluding hydrogens is 228 g/mol. The summed E-state index contributed by atoms with van der Waals surface area (Å²) < 4.78 is 6.38. The van der Waals surface area contributed by atoms with Gasteiger partial charge in [-0.2, -0.15) is 5.10 Å². The molecule has 1 heterocycles. The van der Waals surface area contributed by atoms with Gasteiger partial charge in [-0.05, 0) is 17.7 Å². The summed E-state index contributed by atoms with van der Waals surface area (Å²) in [6.45, 7) is 4.32. The van der Waals surface area contributed by atoms with Gasteiger partial charge in [0.05, 0.1) is 19.3 Å². The zero-order valence-corrected chi connectivity index (χ0v) is 10.2. The molecule has 18 heavy (non-hydrogen) atoms. The highest BCUT2D eigenvalue weighted by Gasteiger charge is 2.13. The number of rotatable bonds is 4. The normalized spacial score (nSPS) is 10.1. The molecule has 1 aromatic carbocycles. The quantitative estimate of drug-likeness (QED) is 0.773. The van der Waals surface area contributed by atoms with Gasteiger partial charge in [-0.15, -0.1) is 0 Å². The van der Waals surface area contributed by atoms with E-state index in [4.69, 9.17) is 0 Å². The maximum atomic E-state index is 11.4. The van der Waals surface area contributed by atoms with Crippen LogP contribution in [0.25, 0.3) is 6.08 Å². The summed E-state index contributed by atoms with van der Waals surface area (Å²) >= 11 is 0. The average molecular weight is 242 g/mol. The van der Waals surface area contributed by atoms with Gasteiger partial charge in [-0.1, -0.05) is 36.9 Å². The molecule has 0 bridgehead atoms. The monoisotopic (exact) mass is 242 g/mol. The first-order valence-electron chi connectivity index (χ1n) is 5.57. The summed E-state index contributed by atoms with van der Waals surface area (Å²) in [4.78, 5) is 11.4. The van der Waals surface area contributed by atoms with Gasteiger partial charge in [-0.25, -0.2) is 4.79 Å². The maximum Gasteiger partial charge on any atom is 0.358 e. The van der Waals surface area contributed by atoms with Crippen molar-refractivity contribution in [1.29, 1.82) is 0 Å². The number of carbonyl (C=O) groups is 1. The van der Waals surface area contributed by atoms with Crippen LogP contribution in [0.2, 0.25) is 0 Å². The SMILES string of the molecule is C=Cc1cc(C(=O)OC)nn1Cc1ccccc1. The van der Waals surface area contributed by atoms with Gasteiger partial charge in [0.25, 0.3) is 0 Å². The molecule has 92 valence electrons. The summed E-state index contributed by atoms with van der Waals surface area (Å²) in [7, 11) is 1.34. The number of aromatic nitrogens is 2. The number of esters is 1. The van der Waals surface area contributed by atoms with E-state index in [0.29, 0.717) is 12.2 Å². The first-order chi connectivity index (χ1) is 8.74. The molecule has 0 aliphatic rings. The zero-order valence-electron chi connectivity index (χ0n) is 10.2. The van der Waals surface area contributed by atoms with Gasteiger partial charge in [0, 0.05) is 0 Å². The Morgan fingerprint density at radius 1 is 1.44 bits per heavy atom. The van der Waals surface area contributed by atoms with Gasteiger partial charge in [0.15, 0.2) is 5.69 Å². The van der Waals surface area contributed by atoms with Crippen molar-refractivity contribution in [3.05, 3.63) is 59.9 Å². The topological polar surface area (TPSA) is 44.1 Å². The van der Waals surface area contributed by atoms with Crippen LogP contribution in [0.1, 0.15) is 21.7 Å². The summed E-state index contributed by atoms with van der Waals surface area (Å²) in [6.07, 6.45) is 1.67. The minimum Gasteiger partial charge on any atom is -0.464 e. The molecule has 2 rings (SSSR count). The standard InChI is InChI=1S/C14H14N2O2/c1-3-12-9-13(14(17)18-2)15-16(12)10-11-7-5-4-6-8-11/h3-9H,1,10H2,2H3. The maximum absolute atomic E-state index is 11.4. The average Bonchev–Trinajstić information content (AvgIpc) is 2.82. The largest absolute Gasteiger partial charge is 0.464 e. The Balaban J connectivity index is 2.30. The highest BCUT2D eigenvalue weighted by atomic mass is 16.5. The molecule has 0 saturated heterocycles. The van der Waals surface area contributed by atoms with Crippen LogP contribution in [-0.4, -0.2) is 22.9 Å². The lowest BCUT2D eigenvalue weighted by Crippen LogP contribution is -2.07. The fourth-order valence-electron chi connectivity index (χ4n) is 1.68. The van der Waals surface area contributed by atoms with Crippen LogP contribution >= 0.6 is 0 Å². The third-order valence-electron chi connectivity index (χ3n) is 2.59. The molecule has 0 N–H and O–H groups in total. The molecule has 0 atom stereocenters. The van der Waals surface area contributed by atoms with Crippen LogP contribution in [0.4, 0.5) is 0 Å². The van der Waals surface area contributed by atoms with Gasteiger partial charge >= 0.3 is 5.97 Å². The van der Waals surface area contributed by atoms with E-state index in [1.807, 2.05) is 30.3 Å². The molecule has 4 heteroatoms. The molecule has 0 unspecified atom stereocenters. The molecule has 0 amide bonds. The molecule has 0 aliphatic carbocycles. The third-order valence-corrected chi connectivity index (χ3v) is 2.59. The Morgan fingerprint density at radius 2 is 2.17 bits per heavy atom. The number of nitrogens with zero attached hydrogens (tertiary/aromatic N) is 2. The lowest BCUT2D eigenvalue weighted by Gasteiger charge is -2.04. The van der Waals surface area contributed by atoms with Gasteiger partial charge in [0.1, 0.15) is 0 Å². The predicted octanol–water partition coefficient (Wildman–Crippen LogP) is 2.36. The van der Waals surface area contributed by atoms with Crippen LogP contribution in [0.3, 0.4) is 0 Å². The first kappa shape index (κ1) is 12.1. The van der Waals surface area contributed by atoms with Crippen LogP contribution < -0.4 is 0 Å². The predicted molar refractivity (Wildman–Crippen MR) is 69.2 cm³/mol. The van der Waals surface area contributed by atoms with Gasteiger partial charge in [-0.3, -0.25) is 4.68 Å². The van der Waals surface area contributed by atoms with Gasteiger partial charge < -0.3 is 4.74 Å². The van der Waals surface area contributed by atoms with Gasteiger partial charge in [0.2, 0.25) is 0 Å². The third kappa shape index (κ3) is 2.48. The van der Waals surface area contributed by atoms with Crippen molar-refractivity contribution in [3.8, 4) is 0 Å². The van der Waals surface area contributed by atoms with E-state index in [1.54, 1.807) is 16.8 Å². The van der Waals surface area contributed by atoms with Crippen molar-refractivity contribution in [1.82, 2.24) is 9.78 Å². The van der Waals surface area contributed by atoms with Crippen molar-refractivity contribution < 1.29 is 9.53 Å². The van der Waals surface area contributed by atoms with Crippen molar-refractivity contribution in [3.63, 3.8) is 0 Å². The van der Waals surface area contributed by atoms with Crippen molar-refractivity contribution in [2.24, 2.45) is 0 Å². The summed E-state index contributed by atoms with van der Waals surface area (Å²) in [6, 6.07) is 11.6. The number of carbonyl (C=O) groups excluding carboxylic acids is 1. The van der Waals surface area contributed by atoms with Crippen molar-refractivity contribution in [2.45, 2.75) is 6.54 Å². The van der Waals surface area contributed by atoms with Crippen LogP contribution in [0.5, 0.6) is 0 Å². The van der Waals surface area contributed by atoms with E-state index in [1.165, 1.54) is 7.11 Å². The molecule has 0 aliphatic heterocycles. The van der Waals surface area contributed by atoms with Crippen molar-refractivity contribution >= 4 is 12.0 Å². The molecule has 2 aromatic rings. The first-order valence-corrected chi connectivity index (χ1v) is 5.57. The summed E-state index contributed by atoms with van der Waals surface area (Å²) in [5.74, 6) is -0.440. The molecular formula is C14H14N2O2. The molecule has 0 radical (unpaired) electrons. The lowest BCUT2D eigenvalue weighted by atomic mass is 10.2. The van der Waals surface area contributed by atoms with Crippen molar-refractivity contribution in [2.75, 3.05) is 7.11 Å². The smallest absolute Gasteiger partial charge is 0.358 e. The fraction of sp³-hybridized carbons (Fsp3) is 0.143. The minimum atomic E-state index is -0.440. The van der Waals surface area contributed by atoms with E-state index < -0.39 is 5.97 Å². The zero-order chi connectivity index (χ0) is 13.0. The number of hydrogen-bond donors (Lipinski definition) is 0.